The summed E-state index contributed by atoms with van der Waals surface area (Å²) in [5, 5.41) is 11.9. The van der Waals surface area contributed by atoms with E-state index in [2.05, 4.69) is 24.5 Å². The third-order valence-corrected chi connectivity index (χ3v) is 4.44. The van der Waals surface area contributed by atoms with Gasteiger partial charge in [0.05, 0.1) is 15.6 Å². The summed E-state index contributed by atoms with van der Waals surface area (Å²) in [5.74, 6) is -1.52. The Morgan fingerprint density at radius 2 is 1.65 bits per heavy atom. The minimum Gasteiger partial charge on any atom is -0.478 e. The summed E-state index contributed by atoms with van der Waals surface area (Å²) in [6.45, 7) is 3.72. The molecule has 0 aliphatic heterocycles. The molecule has 0 atom stereocenters. The topological polar surface area (TPSA) is 66.4 Å². The average molecular weight is 368 g/mol. The van der Waals surface area contributed by atoms with Crippen molar-refractivity contribution in [1.82, 2.24) is 0 Å². The van der Waals surface area contributed by atoms with E-state index in [0.717, 1.165) is 0 Å². The first-order chi connectivity index (χ1) is 10.8. The van der Waals surface area contributed by atoms with Gasteiger partial charge in [0.1, 0.15) is 0 Å². The second kappa shape index (κ2) is 7.08. The van der Waals surface area contributed by atoms with Crippen molar-refractivity contribution in [3.05, 3.63) is 64.1 Å². The van der Waals surface area contributed by atoms with Crippen molar-refractivity contribution in [1.29, 1.82) is 0 Å². The van der Waals surface area contributed by atoms with E-state index in [0.29, 0.717) is 16.1 Å². The number of carboxylic acid groups (broad SMARTS) is 1. The lowest BCUT2D eigenvalue weighted by atomic mass is 10.1. The molecule has 7 heteroatoms. The molecule has 0 spiro atoms. The molecule has 118 valence electrons. The van der Waals surface area contributed by atoms with Crippen LogP contribution in [0.15, 0.2) is 47.9 Å². The largest absolute Gasteiger partial charge is 0.478 e. The summed E-state index contributed by atoms with van der Waals surface area (Å²) < 4.78 is 0. The van der Waals surface area contributed by atoms with Crippen molar-refractivity contribution in [2.45, 2.75) is 4.90 Å². The predicted molar refractivity (Wildman–Crippen MR) is 94.8 cm³/mol. The van der Waals surface area contributed by atoms with E-state index in [-0.39, 0.29) is 21.2 Å². The fourth-order valence-electron chi connectivity index (χ4n) is 1.80. The zero-order valence-corrected chi connectivity index (χ0v) is 14.0. The quantitative estimate of drug-likeness (QED) is 0.544. The standard InChI is InChI=1S/C16H11Cl2NO3S/c1-8(11-6-7-12(23)14(18)13(11)17)15(20)19-10-4-2-9(3-5-10)16(21)22/h2-7,23H,1H2,(H,19,20)(H,21,22). The van der Waals surface area contributed by atoms with Gasteiger partial charge in [-0.05, 0) is 30.3 Å². The van der Waals surface area contributed by atoms with Crippen molar-refractivity contribution >= 4 is 59.0 Å². The van der Waals surface area contributed by atoms with Gasteiger partial charge >= 0.3 is 5.97 Å². The number of aromatic carboxylic acids is 1. The number of nitrogens with one attached hydrogen (secondary N) is 1. The highest BCUT2D eigenvalue weighted by Crippen LogP contribution is 2.34. The number of carbonyl (C=O) groups is 2. The maximum absolute atomic E-state index is 12.2. The zero-order chi connectivity index (χ0) is 17.1. The Hall–Kier alpha value is -1.95. The first kappa shape index (κ1) is 17.4. The van der Waals surface area contributed by atoms with Gasteiger partial charge < -0.3 is 10.4 Å². The lowest BCUT2D eigenvalue weighted by Crippen LogP contribution is -2.13. The van der Waals surface area contributed by atoms with E-state index >= 15 is 0 Å². The van der Waals surface area contributed by atoms with Crippen LogP contribution in [0.2, 0.25) is 10.0 Å². The molecule has 0 aliphatic rings. The molecule has 0 bridgehead atoms. The highest BCUT2D eigenvalue weighted by molar-refractivity contribution is 7.80. The lowest BCUT2D eigenvalue weighted by molar-refractivity contribution is -0.111. The van der Waals surface area contributed by atoms with Crippen LogP contribution in [0.5, 0.6) is 0 Å². The Kier molecular flexibility index (Phi) is 5.36. The van der Waals surface area contributed by atoms with E-state index in [9.17, 15) is 9.59 Å². The van der Waals surface area contributed by atoms with E-state index in [4.69, 9.17) is 28.3 Å². The van der Waals surface area contributed by atoms with Crippen LogP contribution in [0.25, 0.3) is 5.57 Å². The Bertz CT molecular complexity index is 804. The first-order valence-electron chi connectivity index (χ1n) is 6.32. The maximum atomic E-state index is 12.2. The number of halogens is 2. The second-order valence-electron chi connectivity index (χ2n) is 4.58. The highest BCUT2D eigenvalue weighted by Gasteiger charge is 2.16. The number of amides is 1. The molecule has 0 unspecified atom stereocenters. The third kappa shape index (κ3) is 3.88. The molecule has 0 radical (unpaired) electrons. The molecule has 2 aromatic carbocycles. The van der Waals surface area contributed by atoms with Crippen LogP contribution in [0.1, 0.15) is 15.9 Å². The minimum atomic E-state index is -1.04. The van der Waals surface area contributed by atoms with Gasteiger partial charge in [0, 0.05) is 21.7 Å². The van der Waals surface area contributed by atoms with Gasteiger partial charge in [0.2, 0.25) is 0 Å². The fourth-order valence-corrected chi connectivity index (χ4v) is 2.49. The molecule has 2 N–H and O–H groups in total. The Balaban J connectivity index is 2.19. The first-order valence-corrected chi connectivity index (χ1v) is 7.52. The number of carbonyl (C=O) groups excluding carboxylic acids is 1. The summed E-state index contributed by atoms with van der Waals surface area (Å²) in [5.41, 5.74) is 1.09. The maximum Gasteiger partial charge on any atom is 0.335 e. The Morgan fingerprint density at radius 1 is 1.04 bits per heavy atom. The highest BCUT2D eigenvalue weighted by atomic mass is 35.5. The van der Waals surface area contributed by atoms with Crippen LogP contribution < -0.4 is 5.32 Å². The summed E-state index contributed by atoms with van der Waals surface area (Å²) in [6.07, 6.45) is 0. The van der Waals surface area contributed by atoms with Crippen LogP contribution in [-0.2, 0) is 4.79 Å². The van der Waals surface area contributed by atoms with Crippen molar-refractivity contribution in [3.63, 3.8) is 0 Å². The number of thiol groups is 1. The third-order valence-electron chi connectivity index (χ3n) is 3.05. The summed E-state index contributed by atoms with van der Waals surface area (Å²) in [6, 6.07) is 8.97. The Labute approximate surface area is 148 Å². The molecule has 2 aromatic rings. The molecule has 23 heavy (non-hydrogen) atoms. The van der Waals surface area contributed by atoms with Gasteiger partial charge in [-0.1, -0.05) is 35.8 Å². The van der Waals surface area contributed by atoms with Gasteiger partial charge in [-0.25, -0.2) is 4.79 Å². The van der Waals surface area contributed by atoms with Crippen molar-refractivity contribution in [3.8, 4) is 0 Å². The van der Waals surface area contributed by atoms with Gasteiger partial charge in [-0.15, -0.1) is 12.6 Å². The van der Waals surface area contributed by atoms with Crippen LogP contribution in [0, 0.1) is 0 Å². The number of rotatable bonds is 4. The van der Waals surface area contributed by atoms with Gasteiger partial charge in [-0.3, -0.25) is 4.79 Å². The summed E-state index contributed by atoms with van der Waals surface area (Å²) in [4.78, 5) is 23.5. The zero-order valence-electron chi connectivity index (χ0n) is 11.6. The van der Waals surface area contributed by atoms with Gasteiger partial charge in [0.25, 0.3) is 5.91 Å². The molecular weight excluding hydrogens is 357 g/mol. The smallest absolute Gasteiger partial charge is 0.335 e. The molecule has 0 aliphatic carbocycles. The molecule has 4 nitrogen and oxygen atoms in total. The summed E-state index contributed by atoms with van der Waals surface area (Å²) >= 11 is 16.3. The number of benzene rings is 2. The monoisotopic (exact) mass is 367 g/mol. The minimum absolute atomic E-state index is 0.126. The van der Waals surface area contributed by atoms with Crippen molar-refractivity contribution < 1.29 is 14.7 Å². The number of hydrogen-bond acceptors (Lipinski definition) is 3. The molecular formula is C16H11Cl2NO3S. The molecule has 0 saturated heterocycles. The van der Waals surface area contributed by atoms with E-state index < -0.39 is 11.9 Å². The second-order valence-corrected chi connectivity index (χ2v) is 5.81. The van der Waals surface area contributed by atoms with E-state index in [1.807, 2.05) is 0 Å². The Morgan fingerprint density at radius 3 is 2.22 bits per heavy atom. The molecule has 0 aromatic heterocycles. The van der Waals surface area contributed by atoms with E-state index in [1.165, 1.54) is 24.3 Å². The normalized spacial score (nSPS) is 10.2. The van der Waals surface area contributed by atoms with Crippen molar-refractivity contribution in [2.24, 2.45) is 0 Å². The predicted octanol–water partition coefficient (Wildman–Crippen LogP) is 4.63. The molecule has 1 amide bonds. The van der Waals surface area contributed by atoms with Gasteiger partial charge in [-0.2, -0.15) is 0 Å². The van der Waals surface area contributed by atoms with Crippen molar-refractivity contribution in [2.75, 3.05) is 5.32 Å². The van der Waals surface area contributed by atoms with Crippen LogP contribution in [0.4, 0.5) is 5.69 Å². The molecule has 2 rings (SSSR count). The van der Waals surface area contributed by atoms with Crippen LogP contribution in [-0.4, -0.2) is 17.0 Å². The molecule has 0 heterocycles. The van der Waals surface area contributed by atoms with Crippen LogP contribution in [0.3, 0.4) is 0 Å². The fraction of sp³-hybridized carbons (Fsp3) is 0. The SMILES string of the molecule is C=C(C(=O)Nc1ccc(C(=O)O)cc1)c1ccc(S)c(Cl)c1Cl. The van der Waals surface area contributed by atoms with E-state index in [1.54, 1.807) is 12.1 Å². The molecule has 0 fully saturated rings. The average Bonchev–Trinajstić information content (AvgIpc) is 2.52. The summed E-state index contributed by atoms with van der Waals surface area (Å²) in [7, 11) is 0. The van der Waals surface area contributed by atoms with Crippen LogP contribution >= 0.6 is 35.8 Å². The molecule has 0 saturated carbocycles. The number of hydrogen-bond donors (Lipinski definition) is 3. The number of carboxylic acids is 1. The number of anilines is 1. The van der Waals surface area contributed by atoms with Gasteiger partial charge in [0.15, 0.2) is 0 Å². The lowest BCUT2D eigenvalue weighted by Gasteiger charge is -2.11.